The molecule has 0 bridgehead atoms. The highest BCUT2D eigenvalue weighted by Gasteiger charge is 2.37. The van der Waals surface area contributed by atoms with Crippen molar-refractivity contribution in [2.45, 2.75) is 70.4 Å². The van der Waals surface area contributed by atoms with Crippen molar-refractivity contribution in [3.05, 3.63) is 70.6 Å². The number of benzene rings is 2. The van der Waals surface area contributed by atoms with Crippen molar-refractivity contribution < 1.29 is 40.4 Å². The van der Waals surface area contributed by atoms with E-state index in [4.69, 9.17) is 9.26 Å². The fraction of sp³-hybridized carbons (Fsp3) is 0.444. The molecule has 0 saturated carbocycles. The Bertz CT molecular complexity index is 1310. The molecular formula is C27H27F6N3O3. The number of aromatic nitrogens is 2. The van der Waals surface area contributed by atoms with Gasteiger partial charge in [0.2, 0.25) is 11.7 Å². The second-order valence-corrected chi connectivity index (χ2v) is 10.4. The zero-order valence-electron chi connectivity index (χ0n) is 21.5. The molecule has 1 amide bonds. The maximum absolute atomic E-state index is 13.9. The predicted octanol–water partition coefficient (Wildman–Crippen LogP) is 7.63. The van der Waals surface area contributed by atoms with Crippen molar-refractivity contribution >= 4 is 6.09 Å². The first-order valence-electron chi connectivity index (χ1n) is 12.3. The van der Waals surface area contributed by atoms with E-state index in [1.54, 1.807) is 20.8 Å². The average Bonchev–Trinajstić information content (AvgIpc) is 3.50. The first-order valence-corrected chi connectivity index (χ1v) is 12.3. The summed E-state index contributed by atoms with van der Waals surface area (Å²) in [5.41, 5.74) is -1.87. The van der Waals surface area contributed by atoms with Gasteiger partial charge in [0, 0.05) is 12.1 Å². The van der Waals surface area contributed by atoms with Crippen molar-refractivity contribution in [2.75, 3.05) is 6.54 Å². The van der Waals surface area contributed by atoms with Gasteiger partial charge < -0.3 is 9.26 Å². The van der Waals surface area contributed by atoms with Crippen LogP contribution >= 0.6 is 0 Å². The molecule has 210 valence electrons. The van der Waals surface area contributed by atoms with E-state index in [0.29, 0.717) is 24.9 Å². The number of amides is 1. The number of carbonyl (C=O) groups excluding carboxylic acids is 1. The van der Waals surface area contributed by atoms with Crippen molar-refractivity contribution in [1.29, 1.82) is 0 Å². The molecule has 4 rings (SSSR count). The van der Waals surface area contributed by atoms with Crippen molar-refractivity contribution in [3.63, 3.8) is 0 Å². The molecule has 6 nitrogen and oxygen atoms in total. The van der Waals surface area contributed by atoms with Crippen LogP contribution in [0, 0.1) is 0 Å². The topological polar surface area (TPSA) is 68.5 Å². The molecule has 1 aliphatic heterocycles. The lowest BCUT2D eigenvalue weighted by Gasteiger charge is -2.26. The molecule has 1 saturated heterocycles. The lowest BCUT2D eigenvalue weighted by Crippen LogP contribution is -2.36. The van der Waals surface area contributed by atoms with Crippen molar-refractivity contribution in [2.24, 2.45) is 0 Å². The van der Waals surface area contributed by atoms with Crippen LogP contribution in [0.1, 0.15) is 67.8 Å². The van der Waals surface area contributed by atoms with Crippen LogP contribution < -0.4 is 0 Å². The molecule has 0 aliphatic carbocycles. The van der Waals surface area contributed by atoms with Gasteiger partial charge in [-0.1, -0.05) is 29.4 Å². The van der Waals surface area contributed by atoms with E-state index in [0.717, 1.165) is 18.2 Å². The maximum Gasteiger partial charge on any atom is 0.416 e. The molecule has 2 aromatic carbocycles. The third-order valence-corrected chi connectivity index (χ3v) is 6.25. The van der Waals surface area contributed by atoms with Crippen LogP contribution in [0.25, 0.3) is 11.4 Å². The fourth-order valence-electron chi connectivity index (χ4n) is 4.39. The minimum absolute atomic E-state index is 0.0123. The highest BCUT2D eigenvalue weighted by molar-refractivity contribution is 5.69. The number of rotatable bonds is 5. The monoisotopic (exact) mass is 555 g/mol. The number of carbonyl (C=O) groups is 1. The summed E-state index contributed by atoms with van der Waals surface area (Å²) in [7, 11) is 0. The quantitative estimate of drug-likeness (QED) is 0.303. The third-order valence-electron chi connectivity index (χ3n) is 6.25. The Balaban J connectivity index is 1.53. The van der Waals surface area contributed by atoms with Crippen LogP contribution in [0.2, 0.25) is 0 Å². The number of aryl methyl sites for hydroxylation is 2. The molecule has 39 heavy (non-hydrogen) atoms. The molecule has 1 fully saturated rings. The minimum Gasteiger partial charge on any atom is -0.444 e. The Morgan fingerprint density at radius 2 is 1.69 bits per heavy atom. The molecular weight excluding hydrogens is 528 g/mol. The molecule has 0 N–H and O–H groups in total. The highest BCUT2D eigenvalue weighted by atomic mass is 19.4. The molecule has 1 atom stereocenters. The van der Waals surface area contributed by atoms with E-state index in [9.17, 15) is 31.1 Å². The minimum atomic E-state index is -4.68. The predicted molar refractivity (Wildman–Crippen MR) is 129 cm³/mol. The molecule has 2 heterocycles. The smallest absolute Gasteiger partial charge is 0.416 e. The van der Waals surface area contributed by atoms with Gasteiger partial charge in [-0.2, -0.15) is 31.3 Å². The molecule has 1 aromatic heterocycles. The number of hydrogen-bond acceptors (Lipinski definition) is 5. The summed E-state index contributed by atoms with van der Waals surface area (Å²) >= 11 is 0. The first-order chi connectivity index (χ1) is 18.1. The second kappa shape index (κ2) is 10.5. The van der Waals surface area contributed by atoms with Crippen LogP contribution in [0.3, 0.4) is 0 Å². The van der Waals surface area contributed by atoms with E-state index in [-0.39, 0.29) is 35.7 Å². The van der Waals surface area contributed by atoms with Gasteiger partial charge in [-0.15, -0.1) is 0 Å². The van der Waals surface area contributed by atoms with Crippen LogP contribution in [0.15, 0.2) is 47.0 Å². The molecule has 12 heteroatoms. The van der Waals surface area contributed by atoms with E-state index in [1.165, 1.54) is 29.2 Å². The van der Waals surface area contributed by atoms with Crippen molar-refractivity contribution in [1.82, 2.24) is 15.0 Å². The van der Waals surface area contributed by atoms with Gasteiger partial charge >= 0.3 is 18.4 Å². The first kappa shape index (κ1) is 28.4. The second-order valence-electron chi connectivity index (χ2n) is 10.4. The number of hydrogen-bond donors (Lipinski definition) is 0. The zero-order valence-corrected chi connectivity index (χ0v) is 21.5. The molecule has 0 unspecified atom stereocenters. The van der Waals surface area contributed by atoms with Crippen LogP contribution in [0.5, 0.6) is 0 Å². The number of alkyl halides is 6. The SMILES string of the molecule is CC(C)(C)OC(=O)N1CCC[C@H]1c1nc(-c2ccc(CCc3ccc(C(F)(F)F)cc3)c(C(F)(F)F)c2)no1. The number of halogens is 6. The Hall–Kier alpha value is -3.57. The van der Waals surface area contributed by atoms with Crippen LogP contribution in [0.4, 0.5) is 31.1 Å². The van der Waals surface area contributed by atoms with Gasteiger partial charge in [-0.25, -0.2) is 4.79 Å². The maximum atomic E-state index is 13.9. The van der Waals surface area contributed by atoms with Crippen LogP contribution in [-0.2, 0) is 29.9 Å². The molecule has 3 aromatic rings. The number of nitrogens with zero attached hydrogens (tertiary/aromatic N) is 3. The van der Waals surface area contributed by atoms with E-state index in [2.05, 4.69) is 10.1 Å². The molecule has 0 radical (unpaired) electrons. The normalized spacial score (nSPS) is 16.5. The summed E-state index contributed by atoms with van der Waals surface area (Å²) in [5.74, 6) is 0.0501. The van der Waals surface area contributed by atoms with Gasteiger partial charge in [0.05, 0.1) is 11.1 Å². The van der Waals surface area contributed by atoms with E-state index in [1.807, 2.05) is 0 Å². The highest BCUT2D eigenvalue weighted by Crippen LogP contribution is 2.37. The summed E-state index contributed by atoms with van der Waals surface area (Å²) in [5, 5.41) is 3.85. The van der Waals surface area contributed by atoms with Gasteiger partial charge in [-0.3, -0.25) is 4.90 Å². The average molecular weight is 556 g/mol. The fourth-order valence-corrected chi connectivity index (χ4v) is 4.39. The van der Waals surface area contributed by atoms with Crippen molar-refractivity contribution in [3.8, 4) is 11.4 Å². The third kappa shape index (κ3) is 6.90. The number of likely N-dealkylation sites (tertiary alicyclic amines) is 1. The van der Waals surface area contributed by atoms with Crippen LogP contribution in [-0.4, -0.2) is 33.3 Å². The summed E-state index contributed by atoms with van der Waals surface area (Å²) < 4.78 is 90.9. The molecule has 0 spiro atoms. The van der Waals surface area contributed by atoms with E-state index >= 15 is 0 Å². The van der Waals surface area contributed by atoms with Gasteiger partial charge in [0.1, 0.15) is 11.6 Å². The summed E-state index contributed by atoms with van der Waals surface area (Å²) in [4.78, 5) is 18.3. The Kier molecular flexibility index (Phi) is 7.68. The van der Waals surface area contributed by atoms with Gasteiger partial charge in [0.15, 0.2) is 0 Å². The lowest BCUT2D eigenvalue weighted by atomic mass is 9.97. The Labute approximate surface area is 220 Å². The summed E-state index contributed by atoms with van der Waals surface area (Å²) in [6, 6.07) is 7.45. The van der Waals surface area contributed by atoms with E-state index < -0.39 is 41.2 Å². The zero-order chi connectivity index (χ0) is 28.6. The number of ether oxygens (including phenoxy) is 1. The Morgan fingerprint density at radius 3 is 2.31 bits per heavy atom. The van der Waals surface area contributed by atoms with Gasteiger partial charge in [-0.05, 0) is 75.8 Å². The lowest BCUT2D eigenvalue weighted by molar-refractivity contribution is -0.138. The standard InChI is InChI=1S/C27H27F6N3O3/c1-25(2,3)38-24(37)36-14-4-5-21(36)23-34-22(35-39-23)18-11-10-17(20(15-18)27(31,32)33)9-6-16-7-12-19(13-8-16)26(28,29)30/h7-8,10-13,15,21H,4-6,9,14H2,1-3H3/t21-/m0/s1. The van der Waals surface area contributed by atoms with Gasteiger partial charge in [0.25, 0.3) is 0 Å². The largest absolute Gasteiger partial charge is 0.444 e. The molecule has 1 aliphatic rings. The summed E-state index contributed by atoms with van der Waals surface area (Å²) in [6.45, 7) is 5.65. The summed E-state index contributed by atoms with van der Waals surface area (Å²) in [6.07, 6.45) is -8.41. The Morgan fingerprint density at radius 1 is 1.00 bits per heavy atom.